The molecule has 7 atom stereocenters. The lowest BCUT2D eigenvalue weighted by Crippen LogP contribution is -2.57. The van der Waals surface area contributed by atoms with Crippen LogP contribution < -0.4 is 0 Å². The lowest BCUT2D eigenvalue weighted by molar-refractivity contribution is -0.152. The van der Waals surface area contributed by atoms with E-state index in [4.69, 9.17) is 4.74 Å². The minimum atomic E-state index is -0.843. The maximum absolute atomic E-state index is 14.1. The predicted octanol–water partition coefficient (Wildman–Crippen LogP) is 2.39. The number of carbonyl (C=O) groups is 3. The Morgan fingerprint density at radius 2 is 2.00 bits per heavy atom. The van der Waals surface area contributed by atoms with E-state index in [2.05, 4.69) is 6.92 Å². The van der Waals surface area contributed by atoms with Crippen molar-refractivity contribution in [2.75, 3.05) is 26.3 Å². The molecule has 4 heterocycles. The van der Waals surface area contributed by atoms with Gasteiger partial charge in [-0.1, -0.05) is 64.3 Å². The number of hydrogen-bond donors (Lipinski definition) is 1. The van der Waals surface area contributed by atoms with Gasteiger partial charge in [0.2, 0.25) is 11.8 Å². The van der Waals surface area contributed by atoms with Gasteiger partial charge in [0.25, 0.3) is 0 Å². The molecule has 0 bridgehead atoms. The monoisotopic (exact) mass is 476 g/mol. The van der Waals surface area contributed by atoms with Crippen molar-refractivity contribution in [3.05, 3.63) is 24.3 Å². The Bertz CT molecular complexity index is 845. The Balaban J connectivity index is 1.80. The summed E-state index contributed by atoms with van der Waals surface area (Å²) in [5, 5.41) is 10.1. The Morgan fingerprint density at radius 1 is 1.21 bits per heavy atom. The Kier molecular flexibility index (Phi) is 7.24. The highest BCUT2D eigenvalue weighted by Gasteiger charge is 2.72. The zero-order valence-electron chi connectivity index (χ0n) is 19.8. The first kappa shape index (κ1) is 24.3. The molecular weight excluding hydrogens is 440 g/mol. The topological polar surface area (TPSA) is 87.2 Å². The van der Waals surface area contributed by atoms with E-state index in [1.807, 2.05) is 43.1 Å². The highest BCUT2D eigenvalue weighted by atomic mass is 32.2. The summed E-state index contributed by atoms with van der Waals surface area (Å²) in [5.41, 5.74) is 0. The lowest BCUT2D eigenvalue weighted by Gasteiger charge is -2.40. The summed E-state index contributed by atoms with van der Waals surface area (Å²) in [6, 6.07) is -1.21. The highest BCUT2D eigenvalue weighted by Crippen LogP contribution is 2.61. The van der Waals surface area contributed by atoms with Crippen LogP contribution in [0.15, 0.2) is 24.3 Å². The minimum Gasteiger partial charge on any atom is -0.461 e. The summed E-state index contributed by atoms with van der Waals surface area (Å²) < 4.78 is 4.56. The molecule has 0 aromatic carbocycles. The third kappa shape index (κ3) is 3.93. The van der Waals surface area contributed by atoms with Crippen LogP contribution in [0.1, 0.15) is 46.5 Å². The number of ether oxygens (including phenoxy) is 1. The number of cyclic esters (lactones) is 1. The zero-order chi connectivity index (χ0) is 23.8. The smallest absolute Gasteiger partial charge is 0.311 e. The number of likely N-dealkylation sites (tertiary alicyclic amines) is 1. The number of unbranched alkanes of at least 4 members (excludes halogenated alkanes) is 2. The molecule has 0 saturated carbocycles. The molecule has 0 aromatic rings. The quantitative estimate of drug-likeness (QED) is 0.329. The molecule has 8 heteroatoms. The van der Waals surface area contributed by atoms with Crippen LogP contribution in [0.2, 0.25) is 0 Å². The molecule has 2 amide bonds. The Morgan fingerprint density at radius 3 is 2.70 bits per heavy atom. The Hall–Kier alpha value is -1.80. The maximum Gasteiger partial charge on any atom is 0.311 e. The fourth-order valence-electron chi connectivity index (χ4n) is 5.88. The van der Waals surface area contributed by atoms with Crippen LogP contribution in [-0.4, -0.2) is 81.1 Å². The second kappa shape index (κ2) is 9.82. The number of fused-ring (bicyclic) bond motifs is 2. The van der Waals surface area contributed by atoms with Gasteiger partial charge < -0.3 is 19.6 Å². The van der Waals surface area contributed by atoms with Gasteiger partial charge in [0.05, 0.1) is 29.2 Å². The van der Waals surface area contributed by atoms with Gasteiger partial charge in [-0.3, -0.25) is 14.4 Å². The fraction of sp³-hybridized carbons (Fsp3) is 0.720. The van der Waals surface area contributed by atoms with E-state index in [9.17, 15) is 19.5 Å². The van der Waals surface area contributed by atoms with Crippen LogP contribution >= 0.6 is 11.8 Å². The molecule has 33 heavy (non-hydrogen) atoms. The average molecular weight is 477 g/mol. The first-order valence-corrected chi connectivity index (χ1v) is 13.2. The van der Waals surface area contributed by atoms with Crippen LogP contribution in [0.5, 0.6) is 0 Å². The van der Waals surface area contributed by atoms with Crippen LogP contribution in [0.3, 0.4) is 0 Å². The van der Waals surface area contributed by atoms with Gasteiger partial charge in [0.1, 0.15) is 12.6 Å². The lowest BCUT2D eigenvalue weighted by atomic mass is 9.78. The van der Waals surface area contributed by atoms with Crippen LogP contribution in [0.4, 0.5) is 0 Å². The predicted molar refractivity (Wildman–Crippen MR) is 127 cm³/mol. The number of amides is 2. The zero-order valence-corrected chi connectivity index (χ0v) is 20.6. The van der Waals surface area contributed by atoms with E-state index in [0.717, 1.165) is 25.7 Å². The number of rotatable bonds is 8. The third-order valence-corrected chi connectivity index (χ3v) is 9.56. The van der Waals surface area contributed by atoms with Gasteiger partial charge in [-0.15, -0.1) is 11.8 Å². The second-order valence-corrected chi connectivity index (χ2v) is 11.2. The van der Waals surface area contributed by atoms with E-state index in [1.54, 1.807) is 16.7 Å². The standard InChI is InChI=1S/C25H36N2O5S/c1-4-6-7-12-26-13-9-11-25-20(19-18(33-25)10-8-14-32-24(19)31)22(29)27(21(25)23(26)30)17(15-28)16(3)5-2/h8-11,16-21,28H,4-7,12-15H2,1-3H3/t16-,17-,18+,19-,20-,21?,25-/m0/s1. The van der Waals surface area contributed by atoms with Gasteiger partial charge in [-0.05, 0) is 12.3 Å². The molecule has 7 nitrogen and oxygen atoms in total. The second-order valence-electron chi connectivity index (χ2n) is 9.67. The van der Waals surface area contributed by atoms with E-state index in [1.165, 1.54) is 0 Å². The molecule has 4 aliphatic heterocycles. The number of thioether (sulfide) groups is 1. The summed E-state index contributed by atoms with van der Waals surface area (Å²) in [7, 11) is 0. The first-order valence-electron chi connectivity index (χ1n) is 12.3. The fourth-order valence-corrected chi connectivity index (χ4v) is 7.87. The van der Waals surface area contributed by atoms with Gasteiger partial charge in [-0.2, -0.15) is 0 Å². The summed E-state index contributed by atoms with van der Waals surface area (Å²) in [4.78, 5) is 44.6. The highest BCUT2D eigenvalue weighted by molar-refractivity contribution is 8.02. The summed E-state index contributed by atoms with van der Waals surface area (Å²) >= 11 is 1.55. The number of hydrogen-bond acceptors (Lipinski definition) is 6. The summed E-state index contributed by atoms with van der Waals surface area (Å²) in [6.45, 7) is 7.29. The number of aliphatic hydroxyl groups excluding tert-OH is 1. The van der Waals surface area contributed by atoms with Crippen molar-refractivity contribution >= 4 is 29.5 Å². The molecule has 1 N–H and O–H groups in total. The molecule has 4 aliphatic rings. The van der Waals surface area contributed by atoms with E-state index in [-0.39, 0.29) is 42.2 Å². The average Bonchev–Trinajstić information content (AvgIpc) is 3.11. The normalized spacial score (nSPS) is 35.0. The van der Waals surface area contributed by atoms with Crippen molar-refractivity contribution in [3.63, 3.8) is 0 Å². The molecule has 2 saturated heterocycles. The molecule has 4 rings (SSSR count). The molecular formula is C25H36N2O5S. The van der Waals surface area contributed by atoms with Crippen molar-refractivity contribution in [3.8, 4) is 0 Å². The molecule has 1 spiro atoms. The molecule has 182 valence electrons. The molecule has 0 radical (unpaired) electrons. The van der Waals surface area contributed by atoms with E-state index < -0.39 is 28.7 Å². The van der Waals surface area contributed by atoms with Crippen molar-refractivity contribution in [2.24, 2.45) is 17.8 Å². The first-order chi connectivity index (χ1) is 15.9. The molecule has 0 aliphatic carbocycles. The number of carbonyl (C=O) groups excluding carboxylic acids is 3. The van der Waals surface area contributed by atoms with Crippen molar-refractivity contribution < 1.29 is 24.2 Å². The third-order valence-electron chi connectivity index (χ3n) is 7.81. The molecule has 0 aromatic heterocycles. The van der Waals surface area contributed by atoms with Gasteiger partial charge >= 0.3 is 5.97 Å². The molecule has 2 fully saturated rings. The Labute approximate surface area is 200 Å². The van der Waals surface area contributed by atoms with Gasteiger partial charge in [0.15, 0.2) is 0 Å². The number of nitrogens with zero attached hydrogens (tertiary/aromatic N) is 2. The minimum absolute atomic E-state index is 0.0187. The maximum atomic E-state index is 14.1. The van der Waals surface area contributed by atoms with Gasteiger partial charge in [-0.25, -0.2) is 0 Å². The number of aliphatic hydroxyl groups is 1. The summed E-state index contributed by atoms with van der Waals surface area (Å²) in [5.74, 6) is -1.95. The van der Waals surface area contributed by atoms with Crippen LogP contribution in [-0.2, 0) is 19.1 Å². The van der Waals surface area contributed by atoms with Crippen LogP contribution in [0.25, 0.3) is 0 Å². The van der Waals surface area contributed by atoms with Crippen molar-refractivity contribution in [2.45, 2.75) is 68.5 Å². The molecule has 1 unspecified atom stereocenters. The SMILES string of the molecule is CCCCCN1CC=C[C@]23S[C@@H]4C=CCOC(=O)[C@@H]4[C@H]2C(=O)N([C@@H](CO)[C@@H](C)CC)C3C1=O. The van der Waals surface area contributed by atoms with E-state index in [0.29, 0.717) is 13.1 Å². The van der Waals surface area contributed by atoms with Crippen LogP contribution in [0, 0.1) is 17.8 Å². The van der Waals surface area contributed by atoms with Gasteiger partial charge in [0, 0.05) is 18.3 Å². The van der Waals surface area contributed by atoms with Crippen molar-refractivity contribution in [1.29, 1.82) is 0 Å². The largest absolute Gasteiger partial charge is 0.461 e. The summed E-state index contributed by atoms with van der Waals surface area (Å²) in [6.07, 6.45) is 11.6. The van der Waals surface area contributed by atoms with Crippen molar-refractivity contribution in [1.82, 2.24) is 9.80 Å². The number of esters is 1. The van der Waals surface area contributed by atoms with E-state index >= 15 is 0 Å².